The zero-order valence-electron chi connectivity index (χ0n) is 33.5. The second kappa shape index (κ2) is 13.6. The molecule has 0 aliphatic heterocycles. The molecule has 0 atom stereocenters. The summed E-state index contributed by atoms with van der Waals surface area (Å²) in [6.45, 7) is 0. The molecule has 0 radical (unpaired) electrons. The van der Waals surface area contributed by atoms with Crippen LogP contribution in [0, 0.1) is 0 Å². The Morgan fingerprint density at radius 3 is 1.03 bits per heavy atom. The number of hydrogen-bond donors (Lipinski definition) is 0. The minimum Gasteiger partial charge on any atom is -0.456 e. The van der Waals surface area contributed by atoms with Gasteiger partial charge in [-0.3, -0.25) is 0 Å². The van der Waals surface area contributed by atoms with E-state index < -0.39 is 0 Å². The van der Waals surface area contributed by atoms with Gasteiger partial charge in [0, 0.05) is 66.6 Å². The fraction of sp³-hybridized carbons (Fsp3) is 0. The van der Waals surface area contributed by atoms with Gasteiger partial charge in [0.1, 0.15) is 22.3 Å². The van der Waals surface area contributed by atoms with E-state index in [1.807, 2.05) is 0 Å². The van der Waals surface area contributed by atoms with E-state index in [-0.39, 0.29) is 0 Å². The number of furan rings is 2. The highest BCUT2D eigenvalue weighted by Crippen LogP contribution is 2.49. The van der Waals surface area contributed by atoms with Crippen molar-refractivity contribution in [1.82, 2.24) is 0 Å². The smallest absolute Gasteiger partial charge is 0.138 e. The van der Waals surface area contributed by atoms with Crippen LogP contribution in [0.15, 0.2) is 227 Å². The zero-order valence-corrected chi connectivity index (χ0v) is 33.5. The lowest BCUT2D eigenvalue weighted by molar-refractivity contribution is 0.664. The number of nitrogens with zero attached hydrogens (tertiary/aromatic N) is 2. The van der Waals surface area contributed by atoms with Crippen molar-refractivity contribution >= 4 is 121 Å². The highest BCUT2D eigenvalue weighted by atomic mass is 16.3. The minimum atomic E-state index is 0.823. The maximum absolute atomic E-state index is 6.99. The van der Waals surface area contributed by atoms with Crippen LogP contribution in [0.1, 0.15) is 0 Å². The standard InChI is InChI=1S/C58H36N2O2/c1-3-21-39(22-4-1)59(49-31-15-19-37-17-7-9-25-41(37)49)51-35-55-57(45-29-13-11-27-43(45)51)47-33-54-48(34-53(47)61-55)58-46-30-14-12-28-44(46)52(36-56(58)62-54)60(40-23-5-2-6-24-40)50-32-16-20-38-18-8-10-26-42(38)50/h1-36H. The predicted molar refractivity (Wildman–Crippen MR) is 260 cm³/mol. The summed E-state index contributed by atoms with van der Waals surface area (Å²) in [5.41, 5.74) is 9.77. The Morgan fingerprint density at radius 2 is 0.597 bits per heavy atom. The third kappa shape index (κ3) is 5.20. The fourth-order valence-corrected chi connectivity index (χ4v) is 9.88. The van der Waals surface area contributed by atoms with Gasteiger partial charge in [-0.05, 0) is 70.1 Å². The molecular weight excluding hydrogens is 757 g/mol. The van der Waals surface area contributed by atoms with Crippen LogP contribution in [0.3, 0.4) is 0 Å². The molecule has 4 heteroatoms. The van der Waals surface area contributed by atoms with Crippen LogP contribution in [-0.4, -0.2) is 0 Å². The summed E-state index contributed by atoms with van der Waals surface area (Å²) in [7, 11) is 0. The largest absolute Gasteiger partial charge is 0.456 e. The average molecular weight is 793 g/mol. The van der Waals surface area contributed by atoms with Gasteiger partial charge < -0.3 is 18.6 Å². The van der Waals surface area contributed by atoms with Gasteiger partial charge >= 0.3 is 0 Å². The van der Waals surface area contributed by atoms with Gasteiger partial charge in [-0.2, -0.15) is 0 Å². The molecule has 0 spiro atoms. The van der Waals surface area contributed by atoms with Gasteiger partial charge in [0.25, 0.3) is 0 Å². The van der Waals surface area contributed by atoms with Gasteiger partial charge in [-0.1, -0.05) is 158 Å². The molecule has 0 bridgehead atoms. The van der Waals surface area contributed by atoms with Crippen molar-refractivity contribution < 1.29 is 8.83 Å². The maximum Gasteiger partial charge on any atom is 0.138 e. The third-order valence-electron chi connectivity index (χ3n) is 12.6. The molecule has 0 saturated heterocycles. The zero-order chi connectivity index (χ0) is 40.7. The van der Waals surface area contributed by atoms with Gasteiger partial charge in [0.15, 0.2) is 0 Å². The first-order valence-corrected chi connectivity index (χ1v) is 21.1. The Morgan fingerprint density at radius 1 is 0.242 bits per heavy atom. The van der Waals surface area contributed by atoms with E-state index in [1.54, 1.807) is 0 Å². The molecule has 13 rings (SSSR count). The van der Waals surface area contributed by atoms with Gasteiger partial charge in [0.05, 0.1) is 22.7 Å². The molecule has 0 aliphatic rings. The molecule has 11 aromatic carbocycles. The Kier molecular flexibility index (Phi) is 7.57. The van der Waals surface area contributed by atoms with Crippen LogP contribution in [0.5, 0.6) is 0 Å². The minimum absolute atomic E-state index is 0.823. The van der Waals surface area contributed by atoms with Crippen LogP contribution in [0.25, 0.3) is 87.0 Å². The van der Waals surface area contributed by atoms with Crippen molar-refractivity contribution in [1.29, 1.82) is 0 Å². The number of anilines is 6. The molecule has 2 heterocycles. The lowest BCUT2D eigenvalue weighted by Crippen LogP contribution is -2.11. The first-order chi connectivity index (χ1) is 30.8. The molecule has 0 N–H and O–H groups in total. The monoisotopic (exact) mass is 792 g/mol. The molecule has 2 aromatic heterocycles. The summed E-state index contributed by atoms with van der Waals surface area (Å²) < 4.78 is 14.0. The quantitative estimate of drug-likeness (QED) is 0.168. The molecule has 0 fully saturated rings. The Labute approximate surface area is 356 Å². The highest BCUT2D eigenvalue weighted by molar-refractivity contribution is 6.28. The second-order valence-corrected chi connectivity index (χ2v) is 16.0. The van der Waals surface area contributed by atoms with Crippen molar-refractivity contribution in [2.45, 2.75) is 0 Å². The normalized spacial score (nSPS) is 11.9. The van der Waals surface area contributed by atoms with Crippen LogP contribution >= 0.6 is 0 Å². The Bertz CT molecular complexity index is 3620. The van der Waals surface area contributed by atoms with Gasteiger partial charge in [-0.15, -0.1) is 0 Å². The van der Waals surface area contributed by atoms with Gasteiger partial charge in [-0.25, -0.2) is 0 Å². The highest BCUT2D eigenvalue weighted by Gasteiger charge is 2.25. The number of benzene rings is 11. The summed E-state index contributed by atoms with van der Waals surface area (Å²) in [4.78, 5) is 4.74. The van der Waals surface area contributed by atoms with E-state index in [2.05, 4.69) is 228 Å². The lowest BCUT2D eigenvalue weighted by atomic mass is 9.98. The van der Waals surface area contributed by atoms with Crippen LogP contribution in [0.4, 0.5) is 34.1 Å². The van der Waals surface area contributed by atoms with Crippen molar-refractivity contribution in [2.24, 2.45) is 0 Å². The molecule has 62 heavy (non-hydrogen) atoms. The van der Waals surface area contributed by atoms with Crippen molar-refractivity contribution in [3.05, 3.63) is 218 Å². The van der Waals surface area contributed by atoms with Crippen LogP contribution in [0.2, 0.25) is 0 Å². The molecule has 0 amide bonds. The Hall–Kier alpha value is -8.34. The number of rotatable bonds is 6. The molecular formula is C58H36N2O2. The first kappa shape index (κ1) is 34.5. The van der Waals surface area contributed by atoms with E-state index in [0.717, 1.165) is 99.5 Å². The summed E-state index contributed by atoms with van der Waals surface area (Å²) in [5, 5.41) is 13.4. The molecule has 290 valence electrons. The number of fused-ring (bicyclic) bond motifs is 12. The van der Waals surface area contributed by atoms with Crippen molar-refractivity contribution in [3.8, 4) is 0 Å². The third-order valence-corrected chi connectivity index (χ3v) is 12.6. The fourth-order valence-electron chi connectivity index (χ4n) is 9.88. The SMILES string of the molecule is c1ccc(N(c2cccc3ccccc23)c2cc3oc4cc5c(cc4c3c3ccccc23)oc2cc(N(c3ccccc3)c3cccc4ccccc34)c3ccccc3c25)cc1. The second-order valence-electron chi connectivity index (χ2n) is 16.0. The van der Waals surface area contributed by atoms with Crippen molar-refractivity contribution in [2.75, 3.05) is 9.80 Å². The number of hydrogen-bond acceptors (Lipinski definition) is 4. The molecule has 0 aliphatic carbocycles. The van der Waals surface area contributed by atoms with Crippen LogP contribution < -0.4 is 9.80 Å². The molecule has 0 saturated carbocycles. The molecule has 4 nitrogen and oxygen atoms in total. The molecule has 0 unspecified atom stereocenters. The van der Waals surface area contributed by atoms with E-state index in [0.29, 0.717) is 0 Å². The summed E-state index contributed by atoms with van der Waals surface area (Å²) in [6.07, 6.45) is 0. The van der Waals surface area contributed by atoms with E-state index in [4.69, 9.17) is 8.83 Å². The first-order valence-electron chi connectivity index (χ1n) is 21.1. The average Bonchev–Trinajstić information content (AvgIpc) is 3.89. The summed E-state index contributed by atoms with van der Waals surface area (Å²) in [5.74, 6) is 0. The van der Waals surface area contributed by atoms with Crippen molar-refractivity contribution in [3.63, 3.8) is 0 Å². The van der Waals surface area contributed by atoms with Gasteiger partial charge in [0.2, 0.25) is 0 Å². The summed E-state index contributed by atoms with van der Waals surface area (Å²) in [6, 6.07) is 77.7. The predicted octanol–water partition coefficient (Wildman–Crippen LogP) is 17.0. The summed E-state index contributed by atoms with van der Waals surface area (Å²) >= 11 is 0. The topological polar surface area (TPSA) is 32.8 Å². The van der Waals surface area contributed by atoms with Crippen LogP contribution in [-0.2, 0) is 0 Å². The molecule has 13 aromatic rings. The lowest BCUT2D eigenvalue weighted by Gasteiger charge is -2.28. The van der Waals surface area contributed by atoms with E-state index >= 15 is 0 Å². The van der Waals surface area contributed by atoms with E-state index in [1.165, 1.54) is 21.5 Å². The Balaban J connectivity index is 1.06. The maximum atomic E-state index is 6.99. The van der Waals surface area contributed by atoms with E-state index in [9.17, 15) is 0 Å². The number of para-hydroxylation sites is 2.